The Bertz CT molecular complexity index is 687. The van der Waals surface area contributed by atoms with Gasteiger partial charge in [-0.15, -0.1) is 11.8 Å². The molecule has 1 N–H and O–H groups in total. The molecule has 5 heteroatoms. The highest BCUT2D eigenvalue weighted by Crippen LogP contribution is 2.30. The van der Waals surface area contributed by atoms with Crippen LogP contribution >= 0.6 is 11.8 Å². The molecule has 114 valence electrons. The average Bonchev–Trinajstić information content (AvgIpc) is 2.79. The minimum absolute atomic E-state index is 0.158. The number of carbonyl (C=O) groups is 1. The molecule has 1 aliphatic heterocycles. The Kier molecular flexibility index (Phi) is 4.53. The predicted molar refractivity (Wildman–Crippen MR) is 88.2 cm³/mol. The highest BCUT2D eigenvalue weighted by Gasteiger charge is 2.14. The molecule has 0 fully saturated rings. The molecule has 3 rings (SSSR count). The highest BCUT2D eigenvalue weighted by molar-refractivity contribution is 7.98. The molecule has 2 aromatic carbocycles. The van der Waals surface area contributed by atoms with Crippen molar-refractivity contribution >= 4 is 23.4 Å². The lowest BCUT2D eigenvalue weighted by molar-refractivity contribution is 0.102. The van der Waals surface area contributed by atoms with Gasteiger partial charge in [-0.2, -0.15) is 0 Å². The van der Waals surface area contributed by atoms with Crippen molar-refractivity contribution in [3.8, 4) is 11.5 Å². The standard InChI is InChI=1S/C17H17NO3S/c1-22-14-5-2-4-13(11-14)18-17(19)12-6-7-15-16(10-12)21-9-3-8-20-15/h2,4-7,10-11H,3,8-9H2,1H3,(H,18,19). The Morgan fingerprint density at radius 3 is 2.73 bits per heavy atom. The van der Waals surface area contributed by atoms with E-state index in [1.807, 2.05) is 30.5 Å². The van der Waals surface area contributed by atoms with E-state index in [2.05, 4.69) is 5.32 Å². The molecule has 4 nitrogen and oxygen atoms in total. The van der Waals surface area contributed by atoms with Gasteiger partial charge in [0, 0.05) is 22.6 Å². The third-order valence-electron chi connectivity index (χ3n) is 3.34. The van der Waals surface area contributed by atoms with Crippen LogP contribution in [0.25, 0.3) is 0 Å². The molecule has 0 saturated carbocycles. The molecular weight excluding hydrogens is 298 g/mol. The van der Waals surface area contributed by atoms with Gasteiger partial charge in [0.1, 0.15) is 0 Å². The van der Waals surface area contributed by atoms with Crippen LogP contribution in [0.5, 0.6) is 11.5 Å². The van der Waals surface area contributed by atoms with Crippen molar-refractivity contribution in [2.45, 2.75) is 11.3 Å². The van der Waals surface area contributed by atoms with Gasteiger partial charge >= 0.3 is 0 Å². The van der Waals surface area contributed by atoms with Crippen LogP contribution in [0.1, 0.15) is 16.8 Å². The molecule has 22 heavy (non-hydrogen) atoms. The molecule has 1 amide bonds. The topological polar surface area (TPSA) is 47.6 Å². The van der Waals surface area contributed by atoms with Gasteiger partial charge in [-0.05, 0) is 42.7 Å². The van der Waals surface area contributed by atoms with Gasteiger partial charge in [0.25, 0.3) is 5.91 Å². The Balaban J connectivity index is 1.78. The fraction of sp³-hybridized carbons (Fsp3) is 0.235. The zero-order chi connectivity index (χ0) is 15.4. The Hall–Kier alpha value is -2.14. The van der Waals surface area contributed by atoms with Crippen LogP contribution in [0.15, 0.2) is 47.4 Å². The fourth-order valence-electron chi connectivity index (χ4n) is 2.21. The summed E-state index contributed by atoms with van der Waals surface area (Å²) in [4.78, 5) is 13.5. The maximum atomic E-state index is 12.4. The van der Waals surface area contributed by atoms with Crippen LogP contribution in [0, 0.1) is 0 Å². The number of benzene rings is 2. The smallest absolute Gasteiger partial charge is 0.255 e. The monoisotopic (exact) mass is 315 g/mol. The summed E-state index contributed by atoms with van der Waals surface area (Å²) >= 11 is 1.64. The Morgan fingerprint density at radius 1 is 1.09 bits per heavy atom. The second-order valence-electron chi connectivity index (χ2n) is 4.90. The second-order valence-corrected chi connectivity index (χ2v) is 5.78. The lowest BCUT2D eigenvalue weighted by Gasteiger charge is -2.10. The van der Waals surface area contributed by atoms with Crippen LogP contribution in [0.2, 0.25) is 0 Å². The van der Waals surface area contributed by atoms with Gasteiger partial charge in [-0.25, -0.2) is 0 Å². The lowest BCUT2D eigenvalue weighted by atomic mass is 10.2. The summed E-state index contributed by atoms with van der Waals surface area (Å²) in [7, 11) is 0. The van der Waals surface area contributed by atoms with Gasteiger partial charge in [0.2, 0.25) is 0 Å². The Morgan fingerprint density at radius 2 is 1.91 bits per heavy atom. The van der Waals surface area contributed by atoms with Crippen LogP contribution in [0.4, 0.5) is 5.69 Å². The van der Waals surface area contributed by atoms with Gasteiger partial charge in [-0.3, -0.25) is 4.79 Å². The number of hydrogen-bond donors (Lipinski definition) is 1. The molecule has 0 saturated heterocycles. The number of anilines is 1. The van der Waals surface area contributed by atoms with Crippen LogP contribution in [-0.4, -0.2) is 25.4 Å². The van der Waals surface area contributed by atoms with Gasteiger partial charge < -0.3 is 14.8 Å². The molecule has 0 aromatic heterocycles. The van der Waals surface area contributed by atoms with E-state index in [-0.39, 0.29) is 5.91 Å². The maximum Gasteiger partial charge on any atom is 0.255 e. The van der Waals surface area contributed by atoms with Crippen molar-refractivity contribution in [2.75, 3.05) is 24.8 Å². The SMILES string of the molecule is CSc1cccc(NC(=O)c2ccc3c(c2)OCCCO3)c1. The van der Waals surface area contributed by atoms with Crippen molar-refractivity contribution in [3.63, 3.8) is 0 Å². The van der Waals surface area contributed by atoms with E-state index in [1.54, 1.807) is 30.0 Å². The number of rotatable bonds is 3. The minimum Gasteiger partial charge on any atom is -0.490 e. The number of nitrogens with one attached hydrogen (secondary N) is 1. The first kappa shape index (κ1) is 14.8. The summed E-state index contributed by atoms with van der Waals surface area (Å²) in [5.74, 6) is 1.16. The van der Waals surface area contributed by atoms with Crippen molar-refractivity contribution in [1.29, 1.82) is 0 Å². The van der Waals surface area contributed by atoms with Crippen LogP contribution in [0.3, 0.4) is 0 Å². The molecule has 1 aliphatic rings. The molecule has 0 bridgehead atoms. The number of amides is 1. The minimum atomic E-state index is -0.158. The predicted octanol–water partition coefficient (Wildman–Crippen LogP) is 3.82. The molecule has 1 heterocycles. The second kappa shape index (κ2) is 6.75. The Labute approximate surface area is 133 Å². The van der Waals surface area contributed by atoms with E-state index in [1.165, 1.54) is 0 Å². The number of fused-ring (bicyclic) bond motifs is 1. The first-order chi connectivity index (χ1) is 10.8. The molecule has 0 atom stereocenters. The summed E-state index contributed by atoms with van der Waals surface area (Å²) in [6, 6.07) is 13.0. The number of hydrogen-bond acceptors (Lipinski definition) is 4. The number of thioether (sulfide) groups is 1. The third kappa shape index (κ3) is 3.36. The van der Waals surface area contributed by atoms with E-state index in [0.717, 1.165) is 17.0 Å². The van der Waals surface area contributed by atoms with Crippen LogP contribution in [-0.2, 0) is 0 Å². The zero-order valence-electron chi connectivity index (χ0n) is 12.3. The van der Waals surface area contributed by atoms with Crippen molar-refractivity contribution in [3.05, 3.63) is 48.0 Å². The maximum absolute atomic E-state index is 12.4. The van der Waals surface area contributed by atoms with Crippen molar-refractivity contribution < 1.29 is 14.3 Å². The van der Waals surface area contributed by atoms with Crippen LogP contribution < -0.4 is 14.8 Å². The van der Waals surface area contributed by atoms with Gasteiger partial charge in [-0.1, -0.05) is 6.07 Å². The quantitative estimate of drug-likeness (QED) is 0.875. The lowest BCUT2D eigenvalue weighted by Crippen LogP contribution is -2.12. The van der Waals surface area contributed by atoms with E-state index in [9.17, 15) is 4.79 Å². The number of ether oxygens (including phenoxy) is 2. The van der Waals surface area contributed by atoms with E-state index >= 15 is 0 Å². The summed E-state index contributed by atoms with van der Waals surface area (Å²) in [5.41, 5.74) is 1.34. The molecule has 2 aromatic rings. The highest BCUT2D eigenvalue weighted by atomic mass is 32.2. The summed E-state index contributed by atoms with van der Waals surface area (Å²) in [6.07, 6.45) is 2.85. The van der Waals surface area contributed by atoms with E-state index < -0.39 is 0 Å². The van der Waals surface area contributed by atoms with Crippen molar-refractivity contribution in [2.24, 2.45) is 0 Å². The first-order valence-electron chi connectivity index (χ1n) is 7.11. The third-order valence-corrected chi connectivity index (χ3v) is 4.06. The number of carbonyl (C=O) groups excluding carboxylic acids is 1. The van der Waals surface area contributed by atoms with Gasteiger partial charge in [0.05, 0.1) is 13.2 Å². The van der Waals surface area contributed by atoms with Gasteiger partial charge in [0.15, 0.2) is 11.5 Å². The molecule has 0 unspecified atom stereocenters. The molecule has 0 aliphatic carbocycles. The summed E-state index contributed by atoms with van der Waals surface area (Å²) in [6.45, 7) is 1.24. The molecular formula is C17H17NO3S. The van der Waals surface area contributed by atoms with Crippen molar-refractivity contribution in [1.82, 2.24) is 0 Å². The first-order valence-corrected chi connectivity index (χ1v) is 8.34. The molecule has 0 spiro atoms. The zero-order valence-corrected chi connectivity index (χ0v) is 13.1. The largest absolute Gasteiger partial charge is 0.490 e. The summed E-state index contributed by atoms with van der Waals surface area (Å²) < 4.78 is 11.2. The van der Waals surface area contributed by atoms with E-state index in [0.29, 0.717) is 30.3 Å². The molecule has 0 radical (unpaired) electrons. The van der Waals surface area contributed by atoms with E-state index in [4.69, 9.17) is 9.47 Å². The average molecular weight is 315 g/mol. The fourth-order valence-corrected chi connectivity index (χ4v) is 2.67. The normalized spacial score (nSPS) is 13.3. The summed E-state index contributed by atoms with van der Waals surface area (Å²) in [5, 5.41) is 2.91.